The molecule has 14 heteroatoms. The van der Waals surface area contributed by atoms with Gasteiger partial charge in [0, 0.05) is 36.8 Å². The number of alkyl halides is 7. The van der Waals surface area contributed by atoms with E-state index in [1.54, 1.807) is 6.92 Å². The third-order valence-corrected chi connectivity index (χ3v) is 13.0. The quantitative estimate of drug-likeness (QED) is 0.215. The Kier molecular flexibility index (Phi) is 9.60. The van der Waals surface area contributed by atoms with Crippen LogP contribution < -0.4 is 0 Å². The van der Waals surface area contributed by atoms with Gasteiger partial charge in [0.05, 0.1) is 17.0 Å². The van der Waals surface area contributed by atoms with E-state index >= 15 is 4.39 Å². The average molecular weight is 713 g/mol. The Labute approximate surface area is 279 Å². The number of nitriles is 1. The molecule has 1 saturated heterocycles. The van der Waals surface area contributed by atoms with Crippen LogP contribution >= 0.6 is 0 Å². The van der Waals surface area contributed by atoms with Crippen molar-refractivity contribution in [2.24, 2.45) is 11.8 Å². The third kappa shape index (κ3) is 5.95. The second-order valence-corrected chi connectivity index (χ2v) is 15.4. The Morgan fingerprint density at radius 3 is 2.22 bits per heavy atom. The van der Waals surface area contributed by atoms with Crippen LogP contribution in [0.4, 0.5) is 30.7 Å². The maximum Gasteiger partial charge on any atom is 0.435 e. The minimum absolute atomic E-state index is 0.0499. The number of nitrogens with zero attached hydrogens (tertiary/aromatic N) is 2. The van der Waals surface area contributed by atoms with Crippen LogP contribution in [0.1, 0.15) is 80.5 Å². The Morgan fingerprint density at radius 2 is 1.63 bits per heavy atom. The number of likely N-dealkylation sites (tertiary alicyclic amines) is 1. The highest BCUT2D eigenvalue weighted by molar-refractivity contribution is 7.92. The number of sulfone groups is 1. The molecule has 1 amide bonds. The summed E-state index contributed by atoms with van der Waals surface area (Å²) in [6, 6.07) is 8.35. The molecule has 0 spiro atoms. The molecule has 264 valence electrons. The van der Waals surface area contributed by atoms with E-state index < -0.39 is 50.1 Å². The highest BCUT2D eigenvalue weighted by atomic mass is 32.2. The molecule has 6 nitrogen and oxygen atoms in total. The van der Waals surface area contributed by atoms with Crippen molar-refractivity contribution in [3.8, 4) is 6.07 Å². The van der Waals surface area contributed by atoms with Crippen LogP contribution in [0.5, 0.6) is 0 Å². The largest absolute Gasteiger partial charge is 0.435 e. The van der Waals surface area contributed by atoms with Crippen molar-refractivity contribution in [2.75, 3.05) is 6.54 Å². The predicted molar refractivity (Wildman–Crippen MR) is 165 cm³/mol. The molecule has 5 rings (SSSR count). The maximum absolute atomic E-state index is 15.1. The third-order valence-electron chi connectivity index (χ3n) is 10.5. The maximum atomic E-state index is 15.1. The minimum atomic E-state index is -6.35. The van der Waals surface area contributed by atoms with Gasteiger partial charge in [0.25, 0.3) is 0 Å². The molecule has 2 aromatic rings. The topological polar surface area (TPSA) is 95.3 Å². The number of aryl methyl sites for hydroxylation is 1. The first-order chi connectivity index (χ1) is 22.8. The second kappa shape index (κ2) is 12.9. The second-order valence-electron chi connectivity index (χ2n) is 13.2. The van der Waals surface area contributed by atoms with Gasteiger partial charge in [-0.25, -0.2) is 12.8 Å². The summed E-state index contributed by atoms with van der Waals surface area (Å²) in [5.41, 5.74) is -6.38. The zero-order chi connectivity index (χ0) is 36.2. The number of carbonyl (C=O) groups is 2. The van der Waals surface area contributed by atoms with Crippen molar-refractivity contribution in [3.63, 3.8) is 0 Å². The molecule has 49 heavy (non-hydrogen) atoms. The number of fused-ring (bicyclic) bond motifs is 3. The smallest absolute Gasteiger partial charge is 0.337 e. The number of hydrogen-bond donors (Lipinski definition) is 0. The summed E-state index contributed by atoms with van der Waals surface area (Å²) in [7, 11) is -4.50. The van der Waals surface area contributed by atoms with E-state index in [0.29, 0.717) is 42.5 Å². The SMILES string of the molecule is C=C(C)c1ccc(S(=O)(=O)[C@@]23CCN(C(=O)C4CCC(=O)C(CCC#N)CC4)[C@@H]2CCc2cc(C(F)(C(F)(F)F)C(F)(F)F)ccc23)cc1. The lowest BCUT2D eigenvalue weighted by Gasteiger charge is -2.43. The molecular formula is C35H35F7N2O4S. The van der Waals surface area contributed by atoms with Gasteiger partial charge in [-0.15, -0.1) is 0 Å². The van der Waals surface area contributed by atoms with Crippen LogP contribution in [-0.4, -0.2) is 49.9 Å². The van der Waals surface area contributed by atoms with Crippen LogP contribution in [0.2, 0.25) is 0 Å². The summed E-state index contributed by atoms with van der Waals surface area (Å²) in [4.78, 5) is 28.1. The van der Waals surface area contributed by atoms with Crippen molar-refractivity contribution in [2.45, 2.75) is 98.4 Å². The summed E-state index contributed by atoms with van der Waals surface area (Å²) < 4.78 is 125. The van der Waals surface area contributed by atoms with Crippen LogP contribution in [0.25, 0.3) is 5.57 Å². The normalized spacial score (nSPS) is 24.8. The zero-order valence-electron chi connectivity index (χ0n) is 26.6. The van der Waals surface area contributed by atoms with Gasteiger partial charge in [-0.05, 0) is 80.7 Å². The van der Waals surface area contributed by atoms with Crippen molar-refractivity contribution in [1.29, 1.82) is 5.26 Å². The number of Topliss-reactive ketones (excluding diaryl/α,β-unsaturated/α-hetero) is 1. The average Bonchev–Trinajstić information content (AvgIpc) is 3.36. The summed E-state index contributed by atoms with van der Waals surface area (Å²) in [6.07, 6.45) is -11.7. The predicted octanol–water partition coefficient (Wildman–Crippen LogP) is 7.90. The van der Waals surface area contributed by atoms with E-state index in [1.807, 2.05) is 6.07 Å². The van der Waals surface area contributed by atoms with E-state index in [9.17, 15) is 44.3 Å². The molecule has 1 aliphatic heterocycles. The van der Waals surface area contributed by atoms with Gasteiger partial charge in [0.15, 0.2) is 9.84 Å². The summed E-state index contributed by atoms with van der Waals surface area (Å²) in [5.74, 6) is -1.43. The molecule has 3 aliphatic rings. The fourth-order valence-corrected chi connectivity index (χ4v) is 10.2. The highest BCUT2D eigenvalue weighted by Crippen LogP contribution is 2.57. The number of benzene rings is 2. The fourth-order valence-electron chi connectivity index (χ4n) is 7.88. The van der Waals surface area contributed by atoms with Gasteiger partial charge >= 0.3 is 18.0 Å². The van der Waals surface area contributed by atoms with E-state index in [1.165, 1.54) is 29.2 Å². The van der Waals surface area contributed by atoms with Crippen molar-refractivity contribution in [1.82, 2.24) is 4.90 Å². The molecule has 2 fully saturated rings. The number of halogens is 7. The molecule has 1 saturated carbocycles. The molecule has 2 aromatic carbocycles. The van der Waals surface area contributed by atoms with Crippen LogP contribution in [0, 0.1) is 23.2 Å². The zero-order valence-corrected chi connectivity index (χ0v) is 27.4. The lowest BCUT2D eigenvalue weighted by atomic mass is 9.76. The number of rotatable bonds is 7. The molecule has 0 bridgehead atoms. The first-order valence-electron chi connectivity index (χ1n) is 16.0. The number of ketones is 1. The molecule has 1 heterocycles. The number of carbonyl (C=O) groups excluding carboxylic acids is 2. The monoisotopic (exact) mass is 712 g/mol. The molecule has 2 unspecified atom stereocenters. The van der Waals surface area contributed by atoms with Crippen LogP contribution in [0.15, 0.2) is 53.9 Å². The molecular weight excluding hydrogens is 677 g/mol. The lowest BCUT2D eigenvalue weighted by Crippen LogP contribution is -2.53. The summed E-state index contributed by atoms with van der Waals surface area (Å²) in [6.45, 7) is 5.48. The van der Waals surface area contributed by atoms with Crippen molar-refractivity contribution in [3.05, 3.63) is 71.3 Å². The summed E-state index contributed by atoms with van der Waals surface area (Å²) in [5, 5.41) is 8.96. The molecule has 2 aliphatic carbocycles. The number of allylic oxidation sites excluding steroid dienone is 1. The van der Waals surface area contributed by atoms with Crippen molar-refractivity contribution < 1.29 is 48.7 Å². The first-order valence-corrected chi connectivity index (χ1v) is 17.5. The molecule has 0 N–H and O–H groups in total. The van der Waals surface area contributed by atoms with Gasteiger partial charge in [-0.1, -0.05) is 42.5 Å². The van der Waals surface area contributed by atoms with Crippen molar-refractivity contribution >= 4 is 27.1 Å². The minimum Gasteiger partial charge on any atom is -0.337 e. The lowest BCUT2D eigenvalue weighted by molar-refractivity contribution is -0.348. The Morgan fingerprint density at radius 1 is 0.980 bits per heavy atom. The Hall–Kier alpha value is -3.73. The van der Waals surface area contributed by atoms with E-state index in [-0.39, 0.29) is 78.7 Å². The highest BCUT2D eigenvalue weighted by Gasteiger charge is 2.74. The Balaban J connectivity index is 1.61. The molecule has 0 radical (unpaired) electrons. The van der Waals surface area contributed by atoms with Gasteiger partial charge in [-0.3, -0.25) is 9.59 Å². The first kappa shape index (κ1) is 36.5. The van der Waals surface area contributed by atoms with Gasteiger partial charge in [0.1, 0.15) is 10.5 Å². The molecule has 4 atom stereocenters. The molecule has 0 aromatic heterocycles. The standard InChI is InChI=1S/C35H35F7N2O4S/c1-21(2)22-7-12-27(13-8-22)49(47,48)32-17-19-44(31(46)24-6-5-23(4-3-18-43)29(45)15-9-24)30(32)16-10-25-20-26(11-14-28(25)32)33(36,34(37,38)39)35(40,41)42/h7-8,11-14,20,23-24,30H,1,3-6,9-10,15-17,19H2,2H3/t23?,24?,30-,32-/m1/s1. The fraction of sp³-hybridized carbons (Fsp3) is 0.514. The number of amides is 1. The van der Waals surface area contributed by atoms with E-state index in [4.69, 9.17) is 5.26 Å². The van der Waals surface area contributed by atoms with Gasteiger partial charge < -0.3 is 4.90 Å². The van der Waals surface area contributed by atoms with Crippen LogP contribution in [0.3, 0.4) is 0 Å². The Bertz CT molecular complexity index is 1780. The van der Waals surface area contributed by atoms with Gasteiger partial charge in [0.2, 0.25) is 5.91 Å². The van der Waals surface area contributed by atoms with Gasteiger partial charge in [-0.2, -0.15) is 31.6 Å². The van der Waals surface area contributed by atoms with E-state index in [2.05, 4.69) is 6.58 Å². The number of hydrogen-bond acceptors (Lipinski definition) is 5. The summed E-state index contributed by atoms with van der Waals surface area (Å²) >= 11 is 0. The van der Waals surface area contributed by atoms with E-state index in [0.717, 1.165) is 6.07 Å². The van der Waals surface area contributed by atoms with Crippen LogP contribution in [-0.2, 0) is 36.3 Å².